The highest BCUT2D eigenvalue weighted by Gasteiger charge is 2.43. The Morgan fingerprint density at radius 3 is 2.57 bits per heavy atom. The van der Waals surface area contributed by atoms with E-state index in [1.54, 1.807) is 0 Å². The van der Waals surface area contributed by atoms with Crippen LogP contribution in [0.2, 0.25) is 0 Å². The molecule has 0 saturated carbocycles. The first-order valence-corrected chi connectivity index (χ1v) is 11.3. The molecule has 0 fully saturated rings. The van der Waals surface area contributed by atoms with Crippen molar-refractivity contribution in [2.45, 2.75) is 84.5 Å². The summed E-state index contributed by atoms with van der Waals surface area (Å²) in [7, 11) is 0. The van der Waals surface area contributed by atoms with Crippen molar-refractivity contribution in [1.29, 1.82) is 0 Å². The van der Waals surface area contributed by atoms with Crippen LogP contribution in [0, 0.1) is 29.6 Å². The number of allylic oxidation sites excluding steroid dienone is 3. The quantitative estimate of drug-likeness (QED) is 0.366. The van der Waals surface area contributed by atoms with Gasteiger partial charge in [-0.15, -0.1) is 0 Å². The van der Waals surface area contributed by atoms with Gasteiger partial charge in [-0.3, -0.25) is 9.59 Å². The molecule has 0 amide bonds. The highest BCUT2D eigenvalue weighted by atomic mass is 16.5. The van der Waals surface area contributed by atoms with E-state index in [0.717, 1.165) is 19.3 Å². The van der Waals surface area contributed by atoms with Crippen LogP contribution in [0.3, 0.4) is 0 Å². The summed E-state index contributed by atoms with van der Waals surface area (Å²) in [5.41, 5.74) is 1.23. The van der Waals surface area contributed by atoms with Crippen LogP contribution in [0.5, 0.6) is 0 Å². The Morgan fingerprint density at radius 1 is 1.23 bits per heavy atom. The predicted molar refractivity (Wildman–Crippen MR) is 115 cm³/mol. The molecule has 2 aliphatic rings. The second-order valence-electron chi connectivity index (χ2n) is 9.28. The van der Waals surface area contributed by atoms with Crippen LogP contribution >= 0.6 is 0 Å². The fourth-order valence-corrected chi connectivity index (χ4v) is 4.86. The molecule has 5 unspecified atom stereocenters. The number of fused-ring (bicyclic) bond motifs is 1. The number of ether oxygens (including phenoxy) is 1. The molecule has 0 aliphatic heterocycles. The monoisotopic (exact) mass is 422 g/mol. The third-order valence-electron chi connectivity index (χ3n) is 6.75. The number of carboxylic acid groups (broad SMARTS) is 1. The second kappa shape index (κ2) is 11.1. The minimum Gasteiger partial charge on any atom is -0.481 e. The van der Waals surface area contributed by atoms with E-state index in [1.807, 2.05) is 13.8 Å². The van der Waals surface area contributed by atoms with Gasteiger partial charge in [-0.1, -0.05) is 44.6 Å². The summed E-state index contributed by atoms with van der Waals surface area (Å²) in [5.74, 6) is -0.429. The molecular formula is C24H38O6. The Balaban J connectivity index is 2.08. The average Bonchev–Trinajstić information content (AvgIpc) is 2.65. The molecule has 2 rings (SSSR count). The number of aliphatic hydroxyl groups excluding tert-OH is 2. The van der Waals surface area contributed by atoms with Gasteiger partial charge in [0.15, 0.2) is 0 Å². The molecule has 0 heterocycles. The van der Waals surface area contributed by atoms with Crippen molar-refractivity contribution in [1.82, 2.24) is 0 Å². The Labute approximate surface area is 180 Å². The zero-order chi connectivity index (χ0) is 22.4. The Morgan fingerprint density at radius 2 is 1.93 bits per heavy atom. The van der Waals surface area contributed by atoms with Gasteiger partial charge in [0.25, 0.3) is 0 Å². The molecule has 0 spiro atoms. The van der Waals surface area contributed by atoms with Crippen molar-refractivity contribution in [2.24, 2.45) is 29.6 Å². The van der Waals surface area contributed by atoms with Crippen LogP contribution in [0.15, 0.2) is 23.8 Å². The number of aliphatic hydroxyl groups is 2. The second-order valence-corrected chi connectivity index (χ2v) is 9.28. The van der Waals surface area contributed by atoms with E-state index in [1.165, 1.54) is 5.57 Å². The maximum atomic E-state index is 12.5. The fourth-order valence-electron chi connectivity index (χ4n) is 4.86. The van der Waals surface area contributed by atoms with Crippen molar-refractivity contribution in [3.05, 3.63) is 23.8 Å². The molecule has 3 N–H and O–H groups in total. The molecule has 170 valence electrons. The first-order valence-electron chi connectivity index (χ1n) is 11.3. The third-order valence-corrected chi connectivity index (χ3v) is 6.75. The molecule has 8 atom stereocenters. The fraction of sp³-hybridized carbons (Fsp3) is 0.750. The number of hydrogen-bond acceptors (Lipinski definition) is 5. The number of carbonyl (C=O) groups excluding carboxylic acids is 1. The van der Waals surface area contributed by atoms with E-state index in [-0.39, 0.29) is 48.6 Å². The van der Waals surface area contributed by atoms with E-state index < -0.39 is 18.2 Å². The minimum absolute atomic E-state index is 0.0583. The van der Waals surface area contributed by atoms with Crippen LogP contribution < -0.4 is 0 Å². The molecule has 0 aromatic rings. The molecule has 0 radical (unpaired) electrons. The molecule has 0 saturated heterocycles. The lowest BCUT2D eigenvalue weighted by molar-refractivity contribution is -0.159. The maximum Gasteiger partial charge on any atom is 0.308 e. The standard InChI is InChI=1S/C24H38O6/c1-5-15(3)24(29)30-21-11-14(2)10-17-7-6-16(4)20(23(17)21)9-8-18(25)12-19(26)13-22(27)28/h6-7,10,15-21,23,25-26H,5,8-9,11-13H2,1-4H3,(H,27,28)/t15-,16-,17?,18?,19-,20?,21?,23?/m0/s1. The highest BCUT2D eigenvalue weighted by Crippen LogP contribution is 2.45. The summed E-state index contributed by atoms with van der Waals surface area (Å²) in [6, 6.07) is 0. The summed E-state index contributed by atoms with van der Waals surface area (Å²) in [6.45, 7) is 8.11. The van der Waals surface area contributed by atoms with Gasteiger partial charge >= 0.3 is 11.9 Å². The molecule has 6 heteroatoms. The SMILES string of the molecule is CC[C@H](C)C(=O)OC1CC(C)=CC2C=C[C@H](C)C(CCC(O)C[C@H](O)CC(=O)O)C21. The van der Waals surface area contributed by atoms with E-state index in [4.69, 9.17) is 9.84 Å². The highest BCUT2D eigenvalue weighted by molar-refractivity contribution is 5.72. The number of carboxylic acids is 1. The Kier molecular flexibility index (Phi) is 9.10. The van der Waals surface area contributed by atoms with Gasteiger partial charge in [-0.05, 0) is 44.4 Å². The van der Waals surface area contributed by atoms with Gasteiger partial charge < -0.3 is 20.1 Å². The zero-order valence-electron chi connectivity index (χ0n) is 18.7. The number of hydrogen-bond donors (Lipinski definition) is 3. The van der Waals surface area contributed by atoms with Gasteiger partial charge in [0.1, 0.15) is 6.10 Å². The summed E-state index contributed by atoms with van der Waals surface area (Å²) < 4.78 is 6.00. The van der Waals surface area contributed by atoms with Crippen LogP contribution in [-0.2, 0) is 14.3 Å². The van der Waals surface area contributed by atoms with Crippen LogP contribution in [-0.4, -0.2) is 45.6 Å². The topological polar surface area (TPSA) is 104 Å². The molecule has 6 nitrogen and oxygen atoms in total. The lowest BCUT2D eigenvalue weighted by Gasteiger charge is -2.44. The molecule has 0 aromatic carbocycles. The normalized spacial score (nSPS) is 31.3. The summed E-state index contributed by atoms with van der Waals surface area (Å²) >= 11 is 0. The zero-order valence-corrected chi connectivity index (χ0v) is 18.7. The van der Waals surface area contributed by atoms with E-state index in [2.05, 4.69) is 32.1 Å². The largest absolute Gasteiger partial charge is 0.481 e. The van der Waals surface area contributed by atoms with Crippen LogP contribution in [0.25, 0.3) is 0 Å². The summed E-state index contributed by atoms with van der Waals surface area (Å²) in [6.07, 6.45) is 7.12. The van der Waals surface area contributed by atoms with Crippen LogP contribution in [0.4, 0.5) is 0 Å². The lowest BCUT2D eigenvalue weighted by Crippen LogP contribution is -2.43. The first kappa shape index (κ1) is 24.6. The number of esters is 1. The Bertz CT molecular complexity index is 654. The van der Waals surface area contributed by atoms with Gasteiger partial charge in [0.05, 0.1) is 24.5 Å². The van der Waals surface area contributed by atoms with Gasteiger partial charge in [-0.2, -0.15) is 0 Å². The van der Waals surface area contributed by atoms with E-state index in [0.29, 0.717) is 12.3 Å². The van der Waals surface area contributed by atoms with Crippen LogP contribution in [0.1, 0.15) is 66.2 Å². The smallest absolute Gasteiger partial charge is 0.308 e. The van der Waals surface area contributed by atoms with Gasteiger partial charge in [0, 0.05) is 18.3 Å². The van der Waals surface area contributed by atoms with Crippen molar-refractivity contribution < 1.29 is 29.6 Å². The van der Waals surface area contributed by atoms with Crippen molar-refractivity contribution in [3.8, 4) is 0 Å². The summed E-state index contributed by atoms with van der Waals surface area (Å²) in [4.78, 5) is 23.2. The molecule has 0 aromatic heterocycles. The minimum atomic E-state index is -1.07. The number of rotatable bonds is 10. The number of aliphatic carboxylic acids is 1. The summed E-state index contributed by atoms with van der Waals surface area (Å²) in [5, 5.41) is 28.9. The molecule has 30 heavy (non-hydrogen) atoms. The van der Waals surface area contributed by atoms with Gasteiger partial charge in [0.2, 0.25) is 0 Å². The maximum absolute atomic E-state index is 12.5. The first-order chi connectivity index (χ1) is 14.1. The van der Waals surface area contributed by atoms with E-state index >= 15 is 0 Å². The van der Waals surface area contributed by atoms with Crippen molar-refractivity contribution in [2.75, 3.05) is 0 Å². The molecule has 2 aliphatic carbocycles. The predicted octanol–water partition coefficient (Wildman–Crippen LogP) is 3.72. The van der Waals surface area contributed by atoms with Gasteiger partial charge in [-0.25, -0.2) is 0 Å². The van der Waals surface area contributed by atoms with E-state index in [9.17, 15) is 19.8 Å². The van der Waals surface area contributed by atoms with Crippen molar-refractivity contribution >= 4 is 11.9 Å². The Hall–Kier alpha value is -1.66. The third kappa shape index (κ3) is 6.67. The van der Waals surface area contributed by atoms with Crippen molar-refractivity contribution in [3.63, 3.8) is 0 Å². The molecular weight excluding hydrogens is 384 g/mol. The molecule has 0 bridgehead atoms. The average molecular weight is 423 g/mol. The lowest BCUT2D eigenvalue weighted by atomic mass is 9.63. The number of carbonyl (C=O) groups is 2.